The molecule has 0 spiro atoms. The molecule has 0 saturated heterocycles. The fourth-order valence-corrected chi connectivity index (χ4v) is 4.77. The van der Waals surface area contributed by atoms with Crippen molar-refractivity contribution in [3.63, 3.8) is 0 Å². The third-order valence-corrected chi connectivity index (χ3v) is 6.92. The summed E-state index contributed by atoms with van der Waals surface area (Å²) >= 11 is 1.22. The Morgan fingerprint density at radius 1 is 1.00 bits per heavy atom. The van der Waals surface area contributed by atoms with Gasteiger partial charge in [-0.1, -0.05) is 18.2 Å². The lowest BCUT2D eigenvalue weighted by Crippen LogP contribution is -2.39. The highest BCUT2D eigenvalue weighted by molar-refractivity contribution is 7.98. The minimum absolute atomic E-state index is 0.0434. The maximum Gasteiger partial charge on any atom is 0.434 e. The molecule has 0 bridgehead atoms. The number of hydrogen-bond donors (Lipinski definition) is 2. The van der Waals surface area contributed by atoms with Gasteiger partial charge in [0, 0.05) is 28.2 Å². The molecule has 5 aromatic rings. The van der Waals surface area contributed by atoms with Gasteiger partial charge < -0.3 is 10.8 Å². The zero-order chi connectivity index (χ0) is 26.8. The van der Waals surface area contributed by atoms with Gasteiger partial charge in [0.15, 0.2) is 22.8 Å². The smallest absolute Gasteiger partial charge is 0.381 e. The van der Waals surface area contributed by atoms with Crippen molar-refractivity contribution in [2.24, 2.45) is 0 Å². The largest absolute Gasteiger partial charge is 0.434 e. The molecule has 0 fully saturated rings. The maximum absolute atomic E-state index is 13.8. The average Bonchev–Trinajstić information content (AvgIpc) is 3.42. The summed E-state index contributed by atoms with van der Waals surface area (Å²) in [6.07, 6.45) is -6.34. The van der Waals surface area contributed by atoms with Crippen LogP contribution in [-0.2, 0) is 11.8 Å². The predicted molar refractivity (Wildman–Crippen MR) is 127 cm³/mol. The molecule has 0 aliphatic carbocycles. The molecule has 2 aromatic carbocycles. The van der Waals surface area contributed by atoms with E-state index in [1.807, 2.05) is 18.2 Å². The maximum atomic E-state index is 13.8. The third-order valence-electron chi connectivity index (χ3n) is 5.92. The van der Waals surface area contributed by atoms with Gasteiger partial charge in [-0.15, -0.1) is 0 Å². The van der Waals surface area contributed by atoms with Gasteiger partial charge in [-0.2, -0.15) is 26.3 Å². The summed E-state index contributed by atoms with van der Waals surface area (Å²) in [5.74, 6) is -0.493. The van der Waals surface area contributed by atoms with Crippen molar-refractivity contribution >= 4 is 34.3 Å². The number of nitrogen functional groups attached to an aromatic ring is 1. The normalized spacial score (nSPS) is 14.4. The van der Waals surface area contributed by atoms with Crippen LogP contribution in [-0.4, -0.2) is 29.6 Å². The van der Waals surface area contributed by atoms with E-state index in [4.69, 9.17) is 5.73 Å². The van der Waals surface area contributed by atoms with Crippen LogP contribution in [0.5, 0.6) is 0 Å². The quantitative estimate of drug-likeness (QED) is 0.264. The lowest BCUT2D eigenvalue weighted by molar-refractivity contribution is -0.258. The molecule has 13 heteroatoms. The van der Waals surface area contributed by atoms with Gasteiger partial charge in [0.05, 0.1) is 17.4 Å². The molecule has 0 aliphatic rings. The second kappa shape index (κ2) is 8.42. The Kier molecular flexibility index (Phi) is 5.68. The summed E-state index contributed by atoms with van der Waals surface area (Å²) in [5.41, 5.74) is 1.05. The van der Waals surface area contributed by atoms with Crippen molar-refractivity contribution in [3.8, 4) is 11.3 Å². The minimum atomic E-state index is -5.03. The van der Waals surface area contributed by atoms with E-state index in [0.717, 1.165) is 15.4 Å². The topological polar surface area (TPSA) is 81.4 Å². The summed E-state index contributed by atoms with van der Waals surface area (Å²) in [7, 11) is 0. The summed E-state index contributed by atoms with van der Waals surface area (Å²) in [5, 5.41) is 10.9. The van der Waals surface area contributed by atoms with Crippen LogP contribution in [0.1, 0.15) is 18.2 Å². The molecule has 1 atom stereocenters. The van der Waals surface area contributed by atoms with Crippen molar-refractivity contribution in [1.82, 2.24) is 18.3 Å². The van der Waals surface area contributed by atoms with Crippen molar-refractivity contribution in [2.75, 3.05) is 5.73 Å². The summed E-state index contributed by atoms with van der Waals surface area (Å²) < 4.78 is 84.4. The molecular weight excluding hydrogens is 520 g/mol. The molecule has 192 valence electrons. The number of hydrogen-bond acceptors (Lipinski definition) is 5. The van der Waals surface area contributed by atoms with Gasteiger partial charge in [-0.05, 0) is 54.8 Å². The second-order valence-electron chi connectivity index (χ2n) is 8.42. The first-order valence-corrected chi connectivity index (χ1v) is 11.4. The van der Waals surface area contributed by atoms with E-state index in [0.29, 0.717) is 24.0 Å². The number of benzene rings is 2. The van der Waals surface area contributed by atoms with Gasteiger partial charge in [-0.3, -0.25) is 8.37 Å². The van der Waals surface area contributed by atoms with E-state index in [1.54, 1.807) is 28.4 Å². The van der Waals surface area contributed by atoms with E-state index < -0.39 is 35.0 Å². The Bertz CT molecular complexity index is 1620. The van der Waals surface area contributed by atoms with E-state index in [9.17, 15) is 31.4 Å². The number of aliphatic hydroxyl groups is 1. The monoisotopic (exact) mass is 537 g/mol. The summed E-state index contributed by atoms with van der Waals surface area (Å²) in [6, 6.07) is 13.0. The molecule has 1 unspecified atom stereocenters. The summed E-state index contributed by atoms with van der Waals surface area (Å²) in [4.78, 5) is 8.20. The number of alkyl halides is 6. The number of aromatic nitrogens is 4. The predicted octanol–water partition coefficient (Wildman–Crippen LogP) is 6.28. The molecular formula is C24H17F6N5OS. The first-order chi connectivity index (χ1) is 17.3. The van der Waals surface area contributed by atoms with Gasteiger partial charge in [0.25, 0.3) is 0 Å². The van der Waals surface area contributed by atoms with Crippen LogP contribution in [0.3, 0.4) is 0 Å². The second-order valence-corrected chi connectivity index (χ2v) is 9.47. The SMILES string of the molecule is CC(O)(c1cc(-c2cnc3c(N)nc(C(F)(F)F)cn23)c2ccn(Sc3ccccc3)c2c1)C(F)(F)F. The molecule has 0 radical (unpaired) electrons. The van der Waals surface area contributed by atoms with Gasteiger partial charge in [-0.25, -0.2) is 9.97 Å². The first-order valence-electron chi connectivity index (χ1n) is 10.7. The Hall–Kier alpha value is -3.71. The minimum Gasteiger partial charge on any atom is -0.381 e. The number of fused-ring (bicyclic) bond motifs is 2. The van der Waals surface area contributed by atoms with Crippen LogP contribution >= 0.6 is 11.9 Å². The highest BCUT2D eigenvalue weighted by Gasteiger charge is 2.51. The van der Waals surface area contributed by atoms with Crippen molar-refractivity contribution < 1.29 is 31.4 Å². The van der Waals surface area contributed by atoms with Crippen LogP contribution in [0.2, 0.25) is 0 Å². The molecule has 37 heavy (non-hydrogen) atoms. The molecule has 3 aromatic heterocycles. The Morgan fingerprint density at radius 2 is 1.70 bits per heavy atom. The molecule has 3 heterocycles. The Balaban J connectivity index is 1.80. The number of rotatable bonds is 4. The molecule has 5 rings (SSSR count). The molecule has 3 N–H and O–H groups in total. The number of halogens is 6. The van der Waals surface area contributed by atoms with Gasteiger partial charge in [0.2, 0.25) is 0 Å². The number of anilines is 1. The molecule has 0 saturated carbocycles. The van der Waals surface area contributed by atoms with Gasteiger partial charge >= 0.3 is 12.4 Å². The van der Waals surface area contributed by atoms with E-state index in [-0.39, 0.29) is 16.9 Å². The van der Waals surface area contributed by atoms with E-state index in [2.05, 4.69) is 9.97 Å². The van der Waals surface area contributed by atoms with E-state index >= 15 is 0 Å². The summed E-state index contributed by atoms with van der Waals surface area (Å²) in [6.45, 7) is 0.619. The number of imidazole rings is 1. The Morgan fingerprint density at radius 3 is 2.35 bits per heavy atom. The van der Waals surface area contributed by atoms with Crippen molar-refractivity contribution in [1.29, 1.82) is 0 Å². The van der Waals surface area contributed by atoms with E-state index in [1.165, 1.54) is 24.2 Å². The zero-order valence-electron chi connectivity index (χ0n) is 18.8. The van der Waals surface area contributed by atoms with Crippen LogP contribution in [0, 0.1) is 0 Å². The lowest BCUT2D eigenvalue weighted by atomic mass is 9.91. The Labute approximate surface area is 209 Å². The van der Waals surface area contributed by atoms with Gasteiger partial charge in [0.1, 0.15) is 0 Å². The highest BCUT2D eigenvalue weighted by atomic mass is 32.2. The highest BCUT2D eigenvalue weighted by Crippen LogP contribution is 2.43. The zero-order valence-corrected chi connectivity index (χ0v) is 19.7. The standard InChI is InChI=1S/C24H17F6N5OS/c1-22(36,24(28,29)30)13-9-16(15-7-8-35(17(15)10-13)37-14-5-3-2-4-6-14)18-11-32-21-20(31)33-19(12-34(18)21)23(25,26)27/h2-12,36H,1H3,(H2,31,33). The fourth-order valence-electron chi connectivity index (χ4n) is 3.90. The third kappa shape index (κ3) is 4.27. The first kappa shape index (κ1) is 25.0. The van der Waals surface area contributed by atoms with Crippen molar-refractivity contribution in [3.05, 3.63) is 78.4 Å². The number of nitrogens with zero attached hydrogens (tertiary/aromatic N) is 4. The fraction of sp³-hybridized carbons (Fsp3) is 0.167. The molecule has 6 nitrogen and oxygen atoms in total. The van der Waals surface area contributed by atoms with Crippen LogP contribution < -0.4 is 5.73 Å². The van der Waals surface area contributed by atoms with Crippen LogP contribution in [0.15, 0.2) is 72.0 Å². The van der Waals surface area contributed by atoms with Crippen LogP contribution in [0.4, 0.5) is 32.2 Å². The van der Waals surface area contributed by atoms with Crippen LogP contribution in [0.25, 0.3) is 27.8 Å². The molecule has 0 amide bonds. The number of nitrogens with two attached hydrogens (primary N) is 1. The lowest BCUT2D eigenvalue weighted by Gasteiger charge is -2.27. The average molecular weight is 537 g/mol. The van der Waals surface area contributed by atoms with Crippen molar-refractivity contribution in [2.45, 2.75) is 29.8 Å². The molecule has 0 aliphatic heterocycles.